The van der Waals surface area contributed by atoms with Gasteiger partial charge >= 0.3 is 0 Å². The highest BCUT2D eigenvalue weighted by Crippen LogP contribution is 2.43. The third kappa shape index (κ3) is 2.01. The molecule has 0 aliphatic heterocycles. The molecule has 0 saturated carbocycles. The summed E-state index contributed by atoms with van der Waals surface area (Å²) in [5, 5.41) is 55.8. The fourth-order valence-corrected chi connectivity index (χ4v) is 1.74. The Morgan fingerprint density at radius 3 is 2.05 bits per heavy atom. The minimum atomic E-state index is -1.97. The van der Waals surface area contributed by atoms with Gasteiger partial charge in [-0.25, -0.2) is 0 Å². The molecule has 19 heavy (non-hydrogen) atoms. The first kappa shape index (κ1) is 12.9. The van der Waals surface area contributed by atoms with E-state index in [4.69, 9.17) is 10.2 Å². The van der Waals surface area contributed by atoms with E-state index in [1.54, 1.807) is 0 Å². The number of aliphatic hydroxyl groups excluding tert-OH is 1. The summed E-state index contributed by atoms with van der Waals surface area (Å²) >= 11 is 0. The quantitative estimate of drug-likeness (QED) is 0.315. The summed E-state index contributed by atoms with van der Waals surface area (Å²) in [6.07, 6.45) is -1.97. The Balaban J connectivity index is 3.08. The van der Waals surface area contributed by atoms with Crippen LogP contribution < -0.4 is 5.43 Å². The first-order chi connectivity index (χ1) is 8.82. The van der Waals surface area contributed by atoms with E-state index in [0.29, 0.717) is 0 Å². The monoisotopic (exact) mass is 266 g/mol. The summed E-state index contributed by atoms with van der Waals surface area (Å²) in [6, 6.07) is 2.82. The lowest BCUT2D eigenvalue weighted by molar-refractivity contribution is -0.0424. The summed E-state index contributed by atoms with van der Waals surface area (Å²) in [5.41, 5.74) is -1.21. The topological polar surface area (TPSA) is 138 Å². The van der Waals surface area contributed by atoms with Crippen molar-refractivity contribution in [2.75, 3.05) is 0 Å². The fourth-order valence-electron chi connectivity index (χ4n) is 1.74. The van der Waals surface area contributed by atoms with Crippen LogP contribution in [0.4, 0.5) is 0 Å². The highest BCUT2D eigenvalue weighted by Gasteiger charge is 2.17. The Morgan fingerprint density at radius 1 is 0.842 bits per heavy atom. The largest absolute Gasteiger partial charge is 0.504 e. The molecule has 2 rings (SSSR count). The Labute approximate surface area is 105 Å². The Morgan fingerprint density at radius 2 is 1.47 bits per heavy atom. The van der Waals surface area contributed by atoms with Gasteiger partial charge in [-0.05, 0) is 23.6 Å². The van der Waals surface area contributed by atoms with Crippen molar-refractivity contribution in [2.45, 2.75) is 6.29 Å². The fraction of sp³-hybridized carbons (Fsp3) is 0.0833. The Hall–Kier alpha value is -2.51. The zero-order valence-corrected chi connectivity index (χ0v) is 9.40. The van der Waals surface area contributed by atoms with Gasteiger partial charge in [-0.15, -0.1) is 0 Å². The van der Waals surface area contributed by atoms with Gasteiger partial charge in [-0.1, -0.05) is 0 Å². The van der Waals surface area contributed by atoms with Gasteiger partial charge in [-0.2, -0.15) is 0 Å². The van der Waals surface area contributed by atoms with Crippen molar-refractivity contribution in [3.63, 3.8) is 0 Å². The average molecular weight is 266 g/mol. The van der Waals surface area contributed by atoms with Crippen LogP contribution in [0.1, 0.15) is 11.9 Å². The van der Waals surface area contributed by atoms with E-state index in [1.807, 2.05) is 0 Å². The lowest BCUT2D eigenvalue weighted by Gasteiger charge is -2.05. The molecule has 6 N–H and O–H groups in total. The second kappa shape index (κ2) is 4.30. The molecule has 0 bridgehead atoms. The maximum Gasteiger partial charge on any atom is 0.221 e. The summed E-state index contributed by atoms with van der Waals surface area (Å²) in [7, 11) is 0. The summed E-state index contributed by atoms with van der Waals surface area (Å²) < 4.78 is 0. The molecule has 0 radical (unpaired) electrons. The number of aromatic hydroxyl groups is 4. The third-order valence-electron chi connectivity index (χ3n) is 2.67. The van der Waals surface area contributed by atoms with E-state index in [2.05, 4.69) is 0 Å². The van der Waals surface area contributed by atoms with Gasteiger partial charge in [0, 0.05) is 5.56 Å². The van der Waals surface area contributed by atoms with Crippen LogP contribution in [0.25, 0.3) is 10.8 Å². The maximum atomic E-state index is 11.6. The molecule has 0 aromatic heterocycles. The van der Waals surface area contributed by atoms with Gasteiger partial charge in [0.2, 0.25) is 11.2 Å². The first-order valence-corrected chi connectivity index (χ1v) is 5.14. The average Bonchev–Trinajstić information content (AvgIpc) is 2.45. The molecule has 7 heteroatoms. The smallest absolute Gasteiger partial charge is 0.221 e. The van der Waals surface area contributed by atoms with Crippen LogP contribution in [0.2, 0.25) is 0 Å². The highest BCUT2D eigenvalue weighted by atomic mass is 16.5. The SMILES string of the molecule is O=c1cc(C(O)O)cc2cc(O)c(O)c(O)c2c1O. The van der Waals surface area contributed by atoms with Crippen molar-refractivity contribution in [2.24, 2.45) is 0 Å². The molecule has 0 spiro atoms. The molecular weight excluding hydrogens is 256 g/mol. The molecule has 2 aromatic carbocycles. The standard InChI is InChI=1S/C12H10O7/c13-6-3-5(12(18)19)1-4-2-7(14)10(16)11(17)8(4)9(6)15/h1-3,12,14,16-19H,(H,13,15). The van der Waals surface area contributed by atoms with Gasteiger partial charge in [0.15, 0.2) is 23.5 Å². The lowest BCUT2D eigenvalue weighted by Crippen LogP contribution is -1.99. The van der Waals surface area contributed by atoms with Gasteiger partial charge in [0.25, 0.3) is 0 Å². The van der Waals surface area contributed by atoms with E-state index in [-0.39, 0.29) is 10.9 Å². The second-order valence-electron chi connectivity index (χ2n) is 3.93. The molecule has 0 atom stereocenters. The number of rotatable bonds is 1. The van der Waals surface area contributed by atoms with E-state index >= 15 is 0 Å². The van der Waals surface area contributed by atoms with E-state index in [1.165, 1.54) is 0 Å². The first-order valence-electron chi connectivity index (χ1n) is 5.14. The van der Waals surface area contributed by atoms with Crippen LogP contribution in [-0.2, 0) is 0 Å². The Kier molecular flexibility index (Phi) is 2.93. The van der Waals surface area contributed by atoms with Crippen molar-refractivity contribution < 1.29 is 30.6 Å². The van der Waals surface area contributed by atoms with Crippen molar-refractivity contribution in [3.8, 4) is 23.0 Å². The second-order valence-corrected chi connectivity index (χ2v) is 3.93. The summed E-state index contributed by atoms with van der Waals surface area (Å²) in [5.74, 6) is -3.32. The molecule has 0 aliphatic rings. The number of benzene rings is 1. The molecule has 0 aliphatic carbocycles. The zero-order chi connectivity index (χ0) is 14.3. The van der Waals surface area contributed by atoms with Crippen LogP contribution in [0.5, 0.6) is 23.0 Å². The van der Waals surface area contributed by atoms with E-state index < -0.39 is 40.1 Å². The molecule has 0 saturated heterocycles. The van der Waals surface area contributed by atoms with Crippen LogP contribution in [-0.4, -0.2) is 30.6 Å². The van der Waals surface area contributed by atoms with Crippen LogP contribution in [0.15, 0.2) is 23.0 Å². The molecular formula is C12H10O7. The Bertz CT molecular complexity index is 721. The summed E-state index contributed by atoms with van der Waals surface area (Å²) in [6.45, 7) is 0. The predicted molar refractivity (Wildman–Crippen MR) is 64.1 cm³/mol. The van der Waals surface area contributed by atoms with Gasteiger partial charge in [0.05, 0.1) is 5.39 Å². The summed E-state index contributed by atoms with van der Waals surface area (Å²) in [4.78, 5) is 11.6. The number of hydrogen-bond donors (Lipinski definition) is 6. The van der Waals surface area contributed by atoms with Crippen LogP contribution >= 0.6 is 0 Å². The van der Waals surface area contributed by atoms with E-state index in [9.17, 15) is 25.2 Å². The number of aliphatic hydroxyl groups is 2. The van der Waals surface area contributed by atoms with Crippen molar-refractivity contribution in [1.82, 2.24) is 0 Å². The van der Waals surface area contributed by atoms with Gasteiger partial charge < -0.3 is 30.6 Å². The molecule has 0 heterocycles. The van der Waals surface area contributed by atoms with E-state index in [0.717, 1.165) is 18.2 Å². The highest BCUT2D eigenvalue weighted by molar-refractivity contribution is 5.96. The predicted octanol–water partition coefficient (Wildman–Crippen LogP) is 0.00560. The van der Waals surface area contributed by atoms with Crippen molar-refractivity contribution >= 4 is 10.8 Å². The third-order valence-corrected chi connectivity index (χ3v) is 2.67. The van der Waals surface area contributed by atoms with Crippen LogP contribution in [0.3, 0.4) is 0 Å². The molecule has 2 aromatic rings. The van der Waals surface area contributed by atoms with Crippen molar-refractivity contribution in [3.05, 3.63) is 34.0 Å². The maximum absolute atomic E-state index is 11.6. The number of fused-ring (bicyclic) bond motifs is 1. The molecule has 100 valence electrons. The molecule has 0 fully saturated rings. The van der Waals surface area contributed by atoms with Crippen molar-refractivity contribution in [1.29, 1.82) is 0 Å². The molecule has 0 amide bonds. The van der Waals surface area contributed by atoms with Crippen LogP contribution in [0, 0.1) is 0 Å². The number of phenols is 3. The minimum Gasteiger partial charge on any atom is -0.504 e. The van der Waals surface area contributed by atoms with Gasteiger partial charge in [0.1, 0.15) is 0 Å². The normalized spacial score (nSPS) is 11.1. The zero-order valence-electron chi connectivity index (χ0n) is 9.40. The molecule has 0 unspecified atom stereocenters. The number of phenolic OH excluding ortho intramolecular Hbond substituents is 3. The molecule has 7 nitrogen and oxygen atoms in total. The van der Waals surface area contributed by atoms with Gasteiger partial charge in [-0.3, -0.25) is 4.79 Å². The minimum absolute atomic E-state index is 0.0458. The number of hydrogen-bond acceptors (Lipinski definition) is 7. The lowest BCUT2D eigenvalue weighted by atomic mass is 10.1.